The third-order valence-corrected chi connectivity index (χ3v) is 5.62. The molecule has 3 aromatic rings. The molecule has 2 N–H and O–H groups in total. The van der Waals surface area contributed by atoms with Gasteiger partial charge >= 0.3 is 0 Å². The largest absolute Gasteiger partial charge is 0.326 e. The first kappa shape index (κ1) is 23.5. The lowest BCUT2D eigenvalue weighted by Gasteiger charge is -2.13. The van der Waals surface area contributed by atoms with E-state index in [-0.39, 0.29) is 5.91 Å². The Morgan fingerprint density at radius 2 is 1.88 bits per heavy atom. The number of carbonyl (C=O) groups excluding carboxylic acids is 1. The fraction of sp³-hybridized carbons (Fsp3) is 0.320. The van der Waals surface area contributed by atoms with Crippen molar-refractivity contribution in [3.05, 3.63) is 81.6 Å². The molecule has 2 aromatic carbocycles. The van der Waals surface area contributed by atoms with Gasteiger partial charge in [0.15, 0.2) is 0 Å². The van der Waals surface area contributed by atoms with Crippen LogP contribution in [0.5, 0.6) is 0 Å². The quantitative estimate of drug-likeness (QED) is 0.373. The molecule has 0 unspecified atom stereocenters. The highest BCUT2D eigenvalue weighted by Gasteiger charge is 2.13. The van der Waals surface area contributed by atoms with Crippen molar-refractivity contribution >= 4 is 29.2 Å². The molecule has 0 fully saturated rings. The average Bonchev–Trinajstić information content (AvgIpc) is 3.05. The van der Waals surface area contributed by atoms with Crippen LogP contribution < -0.4 is 10.6 Å². The van der Waals surface area contributed by atoms with Crippen LogP contribution in [0.2, 0.25) is 5.02 Å². The highest BCUT2D eigenvalue weighted by atomic mass is 35.5. The van der Waals surface area contributed by atoms with Gasteiger partial charge in [-0.25, -0.2) is 4.99 Å². The fourth-order valence-corrected chi connectivity index (χ4v) is 3.63. The number of aliphatic imine (C=N–C) groups is 1. The number of nitrogens with zero attached hydrogens (tertiary/aromatic N) is 3. The Bertz CT molecular complexity index is 1120. The van der Waals surface area contributed by atoms with E-state index in [1.807, 2.05) is 30.7 Å². The van der Waals surface area contributed by atoms with Crippen molar-refractivity contribution in [3.63, 3.8) is 0 Å². The van der Waals surface area contributed by atoms with Crippen LogP contribution in [0.15, 0.2) is 53.5 Å². The Morgan fingerprint density at radius 1 is 1.16 bits per heavy atom. The molecule has 1 amide bonds. The van der Waals surface area contributed by atoms with Gasteiger partial charge in [-0.05, 0) is 62.6 Å². The highest BCUT2D eigenvalue weighted by Crippen LogP contribution is 2.18. The Balaban J connectivity index is 1.86. The molecule has 32 heavy (non-hydrogen) atoms. The summed E-state index contributed by atoms with van der Waals surface area (Å²) in [6, 6.07) is 15.0. The lowest BCUT2D eigenvalue weighted by atomic mass is 10.0. The van der Waals surface area contributed by atoms with Crippen molar-refractivity contribution < 1.29 is 4.79 Å². The number of aryl methyl sites for hydroxylation is 2. The number of carbonyl (C=O) groups is 1. The van der Waals surface area contributed by atoms with Gasteiger partial charge in [-0.1, -0.05) is 43.6 Å². The molecule has 3 rings (SSSR count). The normalized spacial score (nSPS) is 11.7. The molecule has 6 nitrogen and oxygen atoms in total. The van der Waals surface area contributed by atoms with Gasteiger partial charge < -0.3 is 5.32 Å². The molecule has 1 aromatic heterocycles. The van der Waals surface area contributed by atoms with Crippen molar-refractivity contribution in [2.45, 2.75) is 53.6 Å². The number of halogens is 1. The van der Waals surface area contributed by atoms with Crippen LogP contribution in [0, 0.1) is 13.8 Å². The van der Waals surface area contributed by atoms with E-state index in [1.54, 1.807) is 24.3 Å². The number of hydrogen-bond acceptors (Lipinski definition) is 3. The molecular formula is C25H30ClN5O. The van der Waals surface area contributed by atoms with Crippen LogP contribution in [0.25, 0.3) is 0 Å². The van der Waals surface area contributed by atoms with Gasteiger partial charge in [0.25, 0.3) is 5.91 Å². The van der Waals surface area contributed by atoms with Crippen LogP contribution in [0.1, 0.15) is 59.6 Å². The summed E-state index contributed by atoms with van der Waals surface area (Å²) in [4.78, 5) is 17.5. The molecule has 7 heteroatoms. The topological polar surface area (TPSA) is 71.3 Å². The summed E-state index contributed by atoms with van der Waals surface area (Å²) in [5.74, 6) is 0.534. The molecule has 0 aliphatic carbocycles. The SMILES string of the molecule is CCn1nc(C)c(CN=C(NC(=O)c2cccc(Cl)c2)Nc2ccc(C(C)C)cc2)c1C. The number of anilines is 1. The van der Waals surface area contributed by atoms with E-state index >= 15 is 0 Å². The summed E-state index contributed by atoms with van der Waals surface area (Å²) in [6.45, 7) is 11.6. The maximum atomic E-state index is 12.8. The third-order valence-electron chi connectivity index (χ3n) is 5.39. The average molecular weight is 452 g/mol. The van der Waals surface area contributed by atoms with Crippen LogP contribution in [0.3, 0.4) is 0 Å². The van der Waals surface area contributed by atoms with Gasteiger partial charge in [-0.3, -0.25) is 14.8 Å². The number of aromatic nitrogens is 2. The first-order valence-corrected chi connectivity index (χ1v) is 11.2. The highest BCUT2D eigenvalue weighted by molar-refractivity contribution is 6.31. The zero-order valence-corrected chi connectivity index (χ0v) is 20.0. The standard InChI is InChI=1S/C25H30ClN5O/c1-6-31-18(5)23(17(4)30-31)15-27-25(28-22-12-10-19(11-13-22)16(2)3)29-24(32)20-8-7-9-21(26)14-20/h7-14,16H,6,15H2,1-5H3,(H2,27,28,29,32). The van der Waals surface area contributed by atoms with E-state index < -0.39 is 0 Å². The molecule has 0 radical (unpaired) electrons. The third kappa shape index (κ3) is 5.77. The monoisotopic (exact) mass is 451 g/mol. The minimum Gasteiger partial charge on any atom is -0.326 e. The minimum absolute atomic E-state index is 0.282. The fourth-order valence-electron chi connectivity index (χ4n) is 3.44. The molecule has 1 heterocycles. The number of hydrogen-bond donors (Lipinski definition) is 2. The zero-order chi connectivity index (χ0) is 23.3. The van der Waals surface area contributed by atoms with Crippen LogP contribution in [-0.2, 0) is 13.1 Å². The number of guanidine groups is 1. The second kappa shape index (κ2) is 10.5. The summed E-state index contributed by atoms with van der Waals surface area (Å²) < 4.78 is 1.96. The second-order valence-electron chi connectivity index (χ2n) is 8.00. The van der Waals surface area contributed by atoms with Crippen LogP contribution in [-0.4, -0.2) is 21.6 Å². The molecule has 0 aliphatic heterocycles. The predicted octanol–water partition coefficient (Wildman–Crippen LogP) is 5.69. The number of amides is 1. The van der Waals surface area contributed by atoms with E-state index in [1.165, 1.54) is 5.56 Å². The minimum atomic E-state index is -0.282. The molecule has 0 spiro atoms. The molecule has 0 bridgehead atoms. The van der Waals surface area contributed by atoms with Gasteiger partial charge in [0, 0.05) is 34.1 Å². The van der Waals surface area contributed by atoms with Gasteiger partial charge in [-0.15, -0.1) is 0 Å². The van der Waals surface area contributed by atoms with Gasteiger partial charge in [0.05, 0.1) is 12.2 Å². The van der Waals surface area contributed by atoms with Crippen LogP contribution in [0.4, 0.5) is 5.69 Å². The summed E-state index contributed by atoms with van der Waals surface area (Å²) in [6.07, 6.45) is 0. The zero-order valence-electron chi connectivity index (χ0n) is 19.2. The van der Waals surface area contributed by atoms with Crippen molar-refractivity contribution in [2.24, 2.45) is 4.99 Å². The lowest BCUT2D eigenvalue weighted by molar-refractivity contribution is 0.0977. The first-order chi connectivity index (χ1) is 15.3. The molecule has 0 aliphatic rings. The number of nitrogens with one attached hydrogen (secondary N) is 2. The maximum Gasteiger partial charge on any atom is 0.258 e. The van der Waals surface area contributed by atoms with E-state index in [9.17, 15) is 4.79 Å². The maximum absolute atomic E-state index is 12.8. The van der Waals surface area contributed by atoms with Gasteiger partial charge in [0.2, 0.25) is 5.96 Å². The summed E-state index contributed by atoms with van der Waals surface area (Å²) >= 11 is 6.05. The smallest absolute Gasteiger partial charge is 0.258 e. The Labute approximate surface area is 194 Å². The summed E-state index contributed by atoms with van der Waals surface area (Å²) in [7, 11) is 0. The second-order valence-corrected chi connectivity index (χ2v) is 8.43. The van der Waals surface area contributed by atoms with Crippen LogP contribution >= 0.6 is 11.6 Å². The van der Waals surface area contributed by atoms with Crippen molar-refractivity contribution in [1.29, 1.82) is 0 Å². The number of benzene rings is 2. The summed E-state index contributed by atoms with van der Waals surface area (Å²) in [5.41, 5.74) is 5.63. The van der Waals surface area contributed by atoms with E-state index in [0.29, 0.717) is 29.0 Å². The van der Waals surface area contributed by atoms with Gasteiger partial charge in [0.1, 0.15) is 0 Å². The molecule has 168 valence electrons. The molecule has 0 saturated heterocycles. The lowest BCUT2D eigenvalue weighted by Crippen LogP contribution is -2.36. The van der Waals surface area contributed by atoms with E-state index in [4.69, 9.17) is 16.6 Å². The predicted molar refractivity (Wildman–Crippen MR) is 132 cm³/mol. The van der Waals surface area contributed by atoms with Crippen molar-refractivity contribution in [3.8, 4) is 0 Å². The van der Waals surface area contributed by atoms with Gasteiger partial charge in [-0.2, -0.15) is 5.10 Å². The first-order valence-electron chi connectivity index (χ1n) is 10.8. The van der Waals surface area contributed by atoms with E-state index in [2.05, 4.69) is 48.6 Å². The summed E-state index contributed by atoms with van der Waals surface area (Å²) in [5, 5.41) is 11.2. The Morgan fingerprint density at radius 3 is 2.47 bits per heavy atom. The molecule has 0 atom stereocenters. The Hall–Kier alpha value is -3.12. The molecular weight excluding hydrogens is 422 g/mol. The Kier molecular flexibility index (Phi) is 7.70. The van der Waals surface area contributed by atoms with Crippen molar-refractivity contribution in [2.75, 3.05) is 5.32 Å². The van der Waals surface area contributed by atoms with Crippen molar-refractivity contribution in [1.82, 2.24) is 15.1 Å². The molecule has 0 saturated carbocycles. The van der Waals surface area contributed by atoms with E-state index in [0.717, 1.165) is 29.2 Å². The number of rotatable bonds is 6.